The predicted molar refractivity (Wildman–Crippen MR) is 99.4 cm³/mol. The molecule has 0 aliphatic carbocycles. The molecule has 1 heterocycles. The Labute approximate surface area is 150 Å². The Bertz CT molecular complexity index is 651. The van der Waals surface area contributed by atoms with Crippen LogP contribution in [0.3, 0.4) is 0 Å². The van der Waals surface area contributed by atoms with E-state index in [-0.39, 0.29) is 18.1 Å². The number of morpholine rings is 1. The molecule has 0 spiro atoms. The first-order valence-corrected chi connectivity index (χ1v) is 10.3. The summed E-state index contributed by atoms with van der Waals surface area (Å²) in [5.41, 5.74) is 1.77. The minimum atomic E-state index is -3.41. The van der Waals surface area contributed by atoms with Crippen molar-refractivity contribution in [3.8, 4) is 0 Å². The van der Waals surface area contributed by atoms with Gasteiger partial charge in [0, 0.05) is 44.0 Å². The number of hydrogen-bond donors (Lipinski definition) is 1. The lowest BCUT2D eigenvalue weighted by Crippen LogP contribution is -2.42. The number of rotatable bonds is 8. The number of nitrogens with zero attached hydrogens (tertiary/aromatic N) is 2. The summed E-state index contributed by atoms with van der Waals surface area (Å²) in [6.45, 7) is 7.55. The van der Waals surface area contributed by atoms with Crippen LogP contribution in [0.4, 0.5) is 11.4 Å². The van der Waals surface area contributed by atoms with Crippen LogP contribution in [0, 0.1) is 0 Å². The monoisotopic (exact) mass is 369 g/mol. The Morgan fingerprint density at radius 3 is 2.32 bits per heavy atom. The molecular formula is C17H27N3O4S. The highest BCUT2D eigenvalue weighted by Gasteiger charge is 2.24. The van der Waals surface area contributed by atoms with E-state index < -0.39 is 10.0 Å². The molecule has 0 radical (unpaired) electrons. The van der Waals surface area contributed by atoms with Gasteiger partial charge in [0.2, 0.25) is 15.9 Å². The largest absolute Gasteiger partial charge is 0.379 e. The van der Waals surface area contributed by atoms with Gasteiger partial charge >= 0.3 is 0 Å². The first-order valence-electron chi connectivity index (χ1n) is 8.66. The Morgan fingerprint density at radius 1 is 1.16 bits per heavy atom. The van der Waals surface area contributed by atoms with Crippen molar-refractivity contribution in [1.82, 2.24) is 4.31 Å². The zero-order valence-electron chi connectivity index (χ0n) is 14.9. The highest BCUT2D eigenvalue weighted by Crippen LogP contribution is 2.18. The molecule has 0 unspecified atom stereocenters. The fourth-order valence-electron chi connectivity index (χ4n) is 2.74. The van der Waals surface area contributed by atoms with E-state index in [4.69, 9.17) is 4.74 Å². The van der Waals surface area contributed by atoms with Crippen LogP contribution in [0.25, 0.3) is 0 Å². The number of anilines is 2. The summed E-state index contributed by atoms with van der Waals surface area (Å²) in [7, 11) is -3.41. The maximum Gasteiger partial charge on any atom is 0.225 e. The van der Waals surface area contributed by atoms with Gasteiger partial charge in [0.15, 0.2) is 0 Å². The average molecular weight is 369 g/mol. The topological polar surface area (TPSA) is 79.0 Å². The second-order valence-electron chi connectivity index (χ2n) is 5.84. The molecule has 8 heteroatoms. The molecule has 1 aromatic rings. The number of benzene rings is 1. The third kappa shape index (κ3) is 5.69. The van der Waals surface area contributed by atoms with Crippen molar-refractivity contribution in [2.75, 3.05) is 55.4 Å². The summed E-state index contributed by atoms with van der Waals surface area (Å²) in [6.07, 6.45) is -0.0580. The van der Waals surface area contributed by atoms with E-state index in [1.165, 1.54) is 4.31 Å². The van der Waals surface area contributed by atoms with Gasteiger partial charge in [0.25, 0.3) is 0 Å². The summed E-state index contributed by atoms with van der Waals surface area (Å²) in [6, 6.07) is 7.57. The van der Waals surface area contributed by atoms with Gasteiger partial charge < -0.3 is 15.0 Å². The zero-order valence-corrected chi connectivity index (χ0v) is 15.7. The molecule has 1 aliphatic rings. The third-order valence-corrected chi connectivity index (χ3v) is 6.10. The van der Waals surface area contributed by atoms with Crippen LogP contribution < -0.4 is 10.2 Å². The van der Waals surface area contributed by atoms with Crippen LogP contribution in [0.5, 0.6) is 0 Å². The Balaban J connectivity index is 1.85. The minimum Gasteiger partial charge on any atom is -0.379 e. The number of ether oxygens (including phenoxy) is 1. The second kappa shape index (κ2) is 9.17. The van der Waals surface area contributed by atoms with Gasteiger partial charge in [-0.3, -0.25) is 4.79 Å². The smallest absolute Gasteiger partial charge is 0.225 e. The van der Waals surface area contributed by atoms with Gasteiger partial charge in [-0.25, -0.2) is 8.42 Å². The highest BCUT2D eigenvalue weighted by molar-refractivity contribution is 7.89. The van der Waals surface area contributed by atoms with Gasteiger partial charge in [-0.1, -0.05) is 0 Å². The molecule has 25 heavy (non-hydrogen) atoms. The molecule has 1 saturated heterocycles. The lowest BCUT2D eigenvalue weighted by atomic mass is 10.2. The summed E-state index contributed by atoms with van der Waals surface area (Å²) >= 11 is 0. The molecule has 1 amide bonds. The Hall–Kier alpha value is -1.64. The third-order valence-electron chi connectivity index (χ3n) is 4.23. The number of sulfonamides is 1. The Kier molecular flexibility index (Phi) is 7.22. The lowest BCUT2D eigenvalue weighted by Gasteiger charge is -2.25. The normalized spacial score (nSPS) is 15.8. The number of carbonyl (C=O) groups excluding carboxylic acids is 1. The molecule has 1 aromatic carbocycles. The summed E-state index contributed by atoms with van der Waals surface area (Å²) in [5.74, 6) is -0.483. The van der Waals surface area contributed by atoms with Crippen LogP contribution in [0.15, 0.2) is 24.3 Å². The standard InChI is InChI=1S/C17H27N3O4S/c1-3-19(4-2)16-7-5-15(6-8-16)18-17(21)9-14-25(22,23)20-10-12-24-13-11-20/h5-8H,3-4,9-14H2,1-2H3,(H,18,21). The van der Waals surface area contributed by atoms with Gasteiger partial charge in [-0.2, -0.15) is 4.31 Å². The van der Waals surface area contributed by atoms with Gasteiger partial charge in [-0.15, -0.1) is 0 Å². The maximum absolute atomic E-state index is 12.2. The van der Waals surface area contributed by atoms with E-state index in [1.54, 1.807) is 0 Å². The fourth-order valence-corrected chi connectivity index (χ4v) is 4.15. The van der Waals surface area contributed by atoms with Crippen LogP contribution >= 0.6 is 0 Å². The fraction of sp³-hybridized carbons (Fsp3) is 0.588. The molecule has 1 N–H and O–H groups in total. The van der Waals surface area contributed by atoms with Crippen molar-refractivity contribution in [3.05, 3.63) is 24.3 Å². The number of hydrogen-bond acceptors (Lipinski definition) is 5. The van der Waals surface area contributed by atoms with Crippen LogP contribution in [-0.2, 0) is 19.6 Å². The predicted octanol–water partition coefficient (Wildman–Crippen LogP) is 1.52. The van der Waals surface area contributed by atoms with E-state index >= 15 is 0 Å². The number of amides is 1. The van der Waals surface area contributed by atoms with E-state index in [9.17, 15) is 13.2 Å². The second-order valence-corrected chi connectivity index (χ2v) is 7.93. The molecule has 0 saturated carbocycles. The first-order chi connectivity index (χ1) is 12.0. The zero-order chi connectivity index (χ0) is 18.3. The van der Waals surface area contributed by atoms with E-state index in [0.29, 0.717) is 32.0 Å². The molecule has 140 valence electrons. The number of carbonyl (C=O) groups is 1. The molecule has 1 aliphatic heterocycles. The Morgan fingerprint density at radius 2 is 1.76 bits per heavy atom. The van der Waals surface area contributed by atoms with E-state index in [0.717, 1.165) is 18.8 Å². The molecule has 0 bridgehead atoms. The van der Waals surface area contributed by atoms with Crippen molar-refractivity contribution in [2.24, 2.45) is 0 Å². The van der Waals surface area contributed by atoms with E-state index in [2.05, 4.69) is 24.1 Å². The maximum atomic E-state index is 12.2. The summed E-state index contributed by atoms with van der Waals surface area (Å²) in [5, 5.41) is 2.75. The molecule has 0 atom stereocenters. The van der Waals surface area contributed by atoms with Crippen molar-refractivity contribution < 1.29 is 17.9 Å². The minimum absolute atomic E-state index is 0.0580. The average Bonchev–Trinajstić information content (AvgIpc) is 2.63. The van der Waals surface area contributed by atoms with Gasteiger partial charge in [0.05, 0.1) is 19.0 Å². The summed E-state index contributed by atoms with van der Waals surface area (Å²) < 4.78 is 31.0. The van der Waals surface area contributed by atoms with Crippen LogP contribution in [-0.4, -0.2) is 63.8 Å². The summed E-state index contributed by atoms with van der Waals surface area (Å²) in [4.78, 5) is 14.3. The van der Waals surface area contributed by atoms with Crippen molar-refractivity contribution in [1.29, 1.82) is 0 Å². The molecule has 7 nitrogen and oxygen atoms in total. The van der Waals surface area contributed by atoms with Crippen molar-refractivity contribution in [2.45, 2.75) is 20.3 Å². The van der Waals surface area contributed by atoms with Crippen molar-refractivity contribution >= 4 is 27.3 Å². The highest BCUT2D eigenvalue weighted by atomic mass is 32.2. The number of nitrogens with one attached hydrogen (secondary N) is 1. The quantitative estimate of drug-likeness (QED) is 0.752. The van der Waals surface area contributed by atoms with E-state index in [1.807, 2.05) is 24.3 Å². The SMILES string of the molecule is CCN(CC)c1ccc(NC(=O)CCS(=O)(=O)N2CCOCC2)cc1. The van der Waals surface area contributed by atoms with Crippen molar-refractivity contribution in [3.63, 3.8) is 0 Å². The lowest BCUT2D eigenvalue weighted by molar-refractivity contribution is -0.115. The first kappa shape index (κ1) is 19.7. The van der Waals surface area contributed by atoms with Gasteiger partial charge in [-0.05, 0) is 38.1 Å². The molecule has 1 fully saturated rings. The van der Waals surface area contributed by atoms with Crippen LogP contribution in [0.1, 0.15) is 20.3 Å². The molecular weight excluding hydrogens is 342 g/mol. The van der Waals surface area contributed by atoms with Gasteiger partial charge in [0.1, 0.15) is 0 Å². The van der Waals surface area contributed by atoms with Crippen LogP contribution in [0.2, 0.25) is 0 Å². The molecule has 0 aromatic heterocycles. The molecule has 2 rings (SSSR count).